The highest BCUT2D eigenvalue weighted by molar-refractivity contribution is 7.89. The Morgan fingerprint density at radius 3 is 2.39 bits per heavy atom. The van der Waals surface area contributed by atoms with Crippen molar-refractivity contribution in [3.05, 3.63) is 15.8 Å². The third kappa shape index (κ3) is 2.77. The summed E-state index contributed by atoms with van der Waals surface area (Å²) in [5, 5.41) is 11.0. The van der Waals surface area contributed by atoms with Crippen LogP contribution in [0, 0.1) is 6.92 Å². The molecule has 0 saturated carbocycles. The van der Waals surface area contributed by atoms with Gasteiger partial charge in [0.1, 0.15) is 4.90 Å². The van der Waals surface area contributed by atoms with Crippen LogP contribution in [0.1, 0.15) is 37.1 Å². The van der Waals surface area contributed by atoms with E-state index < -0.39 is 10.0 Å². The van der Waals surface area contributed by atoms with Gasteiger partial charge in [-0.05, 0) is 30.7 Å². The highest BCUT2D eigenvalue weighted by atomic mass is 32.2. The van der Waals surface area contributed by atoms with Gasteiger partial charge in [0, 0.05) is 13.1 Å². The molecule has 0 aliphatic rings. The largest absolute Gasteiger partial charge is 0.391 e. The lowest BCUT2D eigenvalue weighted by molar-refractivity contribution is 0.281. The van der Waals surface area contributed by atoms with Crippen molar-refractivity contribution in [3.8, 4) is 0 Å². The summed E-state index contributed by atoms with van der Waals surface area (Å²) in [5.74, 6) is 0. The van der Waals surface area contributed by atoms with Crippen molar-refractivity contribution in [3.63, 3.8) is 0 Å². The van der Waals surface area contributed by atoms with Gasteiger partial charge in [-0.15, -0.1) is 11.3 Å². The number of thiophene rings is 1. The van der Waals surface area contributed by atoms with E-state index in [1.807, 2.05) is 13.8 Å². The van der Waals surface area contributed by atoms with E-state index in [1.54, 1.807) is 19.4 Å². The molecule has 104 valence electrons. The summed E-state index contributed by atoms with van der Waals surface area (Å²) in [7, 11) is -1.89. The average Bonchev–Trinajstić information content (AvgIpc) is 2.72. The first-order valence-electron chi connectivity index (χ1n) is 6.05. The zero-order valence-corrected chi connectivity index (χ0v) is 12.9. The molecule has 0 fully saturated rings. The Balaban J connectivity index is 3.24. The van der Waals surface area contributed by atoms with E-state index in [-0.39, 0.29) is 17.5 Å². The lowest BCUT2D eigenvalue weighted by Crippen LogP contribution is -2.36. The minimum Gasteiger partial charge on any atom is -0.391 e. The number of hydrogen-bond acceptors (Lipinski definition) is 4. The molecule has 0 amide bonds. The van der Waals surface area contributed by atoms with Gasteiger partial charge in [0.25, 0.3) is 0 Å². The molecular formula is C12H21NO3S2. The van der Waals surface area contributed by atoms with Crippen molar-refractivity contribution in [1.82, 2.24) is 4.31 Å². The second kappa shape index (κ2) is 6.14. The van der Waals surface area contributed by atoms with Gasteiger partial charge in [-0.3, -0.25) is 0 Å². The number of nitrogens with zero attached hydrogens (tertiary/aromatic N) is 1. The quantitative estimate of drug-likeness (QED) is 0.875. The van der Waals surface area contributed by atoms with Gasteiger partial charge in [-0.25, -0.2) is 8.42 Å². The first-order chi connectivity index (χ1) is 8.39. The van der Waals surface area contributed by atoms with Crippen molar-refractivity contribution < 1.29 is 13.5 Å². The molecule has 0 saturated heterocycles. The summed E-state index contributed by atoms with van der Waals surface area (Å²) in [6.45, 7) is 5.49. The summed E-state index contributed by atoms with van der Waals surface area (Å²) < 4.78 is 26.6. The van der Waals surface area contributed by atoms with Crippen LogP contribution in [0.5, 0.6) is 0 Å². The van der Waals surface area contributed by atoms with Crippen LogP contribution >= 0.6 is 11.3 Å². The molecule has 0 bridgehead atoms. The number of hydrogen-bond donors (Lipinski definition) is 1. The number of rotatable bonds is 6. The maximum Gasteiger partial charge on any atom is 0.244 e. The normalized spacial score (nSPS) is 12.6. The lowest BCUT2D eigenvalue weighted by atomic mass is 10.2. The van der Waals surface area contributed by atoms with E-state index in [2.05, 4.69) is 0 Å². The van der Waals surface area contributed by atoms with E-state index in [0.29, 0.717) is 10.4 Å². The summed E-state index contributed by atoms with van der Waals surface area (Å²) in [5.41, 5.74) is 0.710. The van der Waals surface area contributed by atoms with E-state index in [1.165, 1.54) is 15.6 Å². The van der Waals surface area contributed by atoms with E-state index >= 15 is 0 Å². The Morgan fingerprint density at radius 2 is 1.94 bits per heavy atom. The Kier molecular flexibility index (Phi) is 5.33. The molecule has 1 aromatic rings. The van der Waals surface area contributed by atoms with Crippen LogP contribution in [0.2, 0.25) is 0 Å². The fourth-order valence-electron chi connectivity index (χ4n) is 2.09. The second-order valence-corrected chi connectivity index (χ2v) is 7.22. The lowest BCUT2D eigenvalue weighted by Gasteiger charge is -2.26. The van der Waals surface area contributed by atoms with Crippen LogP contribution in [0.4, 0.5) is 0 Å². The number of aryl methyl sites for hydroxylation is 1. The first-order valence-corrected chi connectivity index (χ1v) is 8.37. The molecule has 0 aromatic carbocycles. The summed E-state index contributed by atoms with van der Waals surface area (Å²) in [6.07, 6.45) is 1.56. The van der Waals surface area contributed by atoms with E-state index in [9.17, 15) is 13.5 Å². The van der Waals surface area contributed by atoms with Crippen LogP contribution in [-0.2, 0) is 16.6 Å². The average molecular weight is 291 g/mol. The van der Waals surface area contributed by atoms with Gasteiger partial charge in [-0.1, -0.05) is 13.8 Å². The van der Waals surface area contributed by atoms with Gasteiger partial charge < -0.3 is 5.11 Å². The molecule has 1 heterocycles. The molecular weight excluding hydrogens is 270 g/mol. The SMILES string of the molecule is CCC(CC)N(C)S(=O)(=O)c1c(C)csc1CO. The molecule has 0 unspecified atom stereocenters. The van der Waals surface area contributed by atoms with Crippen molar-refractivity contribution in [2.75, 3.05) is 7.05 Å². The summed E-state index contributed by atoms with van der Waals surface area (Å²) in [4.78, 5) is 0.801. The molecule has 0 spiro atoms. The van der Waals surface area contributed by atoms with Crippen molar-refractivity contribution >= 4 is 21.4 Å². The number of aliphatic hydroxyl groups is 1. The maximum absolute atomic E-state index is 12.6. The van der Waals surface area contributed by atoms with Crippen LogP contribution in [-0.4, -0.2) is 30.9 Å². The third-order valence-corrected chi connectivity index (χ3v) is 6.59. The predicted octanol–water partition coefficient (Wildman–Crippen LogP) is 2.36. The first kappa shape index (κ1) is 15.6. The molecule has 0 aliphatic heterocycles. The smallest absolute Gasteiger partial charge is 0.244 e. The van der Waals surface area contributed by atoms with Crippen LogP contribution in [0.25, 0.3) is 0 Å². The highest BCUT2D eigenvalue weighted by Gasteiger charge is 2.30. The number of sulfonamides is 1. The van der Waals surface area contributed by atoms with E-state index in [0.717, 1.165) is 12.8 Å². The van der Waals surface area contributed by atoms with Crippen molar-refractivity contribution in [1.29, 1.82) is 0 Å². The van der Waals surface area contributed by atoms with Gasteiger partial charge in [0.05, 0.1) is 11.5 Å². The van der Waals surface area contributed by atoms with E-state index in [4.69, 9.17) is 0 Å². The number of aliphatic hydroxyl groups excluding tert-OH is 1. The molecule has 1 aromatic heterocycles. The molecule has 6 heteroatoms. The van der Waals surface area contributed by atoms with Crippen molar-refractivity contribution in [2.45, 2.75) is 51.2 Å². The van der Waals surface area contributed by atoms with Crippen LogP contribution in [0.3, 0.4) is 0 Å². The van der Waals surface area contributed by atoms with Gasteiger partial charge in [0.15, 0.2) is 0 Å². The Hall–Kier alpha value is -0.430. The Morgan fingerprint density at radius 1 is 1.39 bits per heavy atom. The summed E-state index contributed by atoms with van der Waals surface area (Å²) >= 11 is 1.29. The zero-order valence-electron chi connectivity index (χ0n) is 11.3. The summed E-state index contributed by atoms with van der Waals surface area (Å²) in [6, 6.07) is 0.000780. The molecule has 0 atom stereocenters. The Bertz CT molecular complexity index is 489. The molecule has 0 aliphatic carbocycles. The minimum atomic E-state index is -3.51. The fraction of sp³-hybridized carbons (Fsp3) is 0.667. The van der Waals surface area contributed by atoms with Crippen LogP contribution < -0.4 is 0 Å². The maximum atomic E-state index is 12.6. The second-order valence-electron chi connectivity index (χ2n) is 4.32. The van der Waals surface area contributed by atoms with Crippen molar-refractivity contribution in [2.24, 2.45) is 0 Å². The van der Waals surface area contributed by atoms with Gasteiger partial charge in [-0.2, -0.15) is 4.31 Å². The van der Waals surface area contributed by atoms with Gasteiger partial charge >= 0.3 is 0 Å². The molecule has 18 heavy (non-hydrogen) atoms. The molecule has 1 rings (SSSR count). The topological polar surface area (TPSA) is 57.6 Å². The Labute approximate surface area is 113 Å². The molecule has 0 radical (unpaired) electrons. The fourth-order valence-corrected chi connectivity index (χ4v) is 5.20. The standard InChI is InChI=1S/C12H21NO3S2/c1-5-10(6-2)13(4)18(15,16)12-9(3)8-17-11(12)7-14/h8,10,14H,5-7H2,1-4H3. The van der Waals surface area contributed by atoms with Crippen LogP contribution in [0.15, 0.2) is 10.3 Å². The third-order valence-electron chi connectivity index (χ3n) is 3.23. The van der Waals surface area contributed by atoms with Gasteiger partial charge in [0.2, 0.25) is 10.0 Å². The zero-order chi connectivity index (χ0) is 13.9. The monoisotopic (exact) mass is 291 g/mol. The predicted molar refractivity (Wildman–Crippen MR) is 74.3 cm³/mol. The highest BCUT2D eigenvalue weighted by Crippen LogP contribution is 2.30. The molecule has 4 nitrogen and oxygen atoms in total. The molecule has 1 N–H and O–H groups in total. The minimum absolute atomic E-state index is 0.000780.